The van der Waals surface area contributed by atoms with Crippen LogP contribution in [0.25, 0.3) is 0 Å². The number of nitrogens with one attached hydrogen (secondary N) is 1. The molecule has 0 fully saturated rings. The Morgan fingerprint density at radius 3 is 1.39 bits per heavy atom. The number of phosphoric ester groups is 1. The molecule has 0 aromatic carbocycles. The maximum Gasteiger partial charge on any atom is 0.472 e. The zero-order valence-electron chi connectivity index (χ0n) is 30.3. The highest BCUT2D eigenvalue weighted by Crippen LogP contribution is 2.43. The monoisotopic (exact) mass is 677 g/mol. The first kappa shape index (κ1) is 45.5. The zero-order chi connectivity index (χ0) is 34.0. The van der Waals surface area contributed by atoms with Crippen molar-refractivity contribution in [2.45, 2.75) is 212 Å². The molecule has 0 aromatic rings. The summed E-state index contributed by atoms with van der Waals surface area (Å²) in [5.41, 5.74) is 5.36. The predicted molar refractivity (Wildman–Crippen MR) is 194 cm³/mol. The molecule has 9 heteroatoms. The van der Waals surface area contributed by atoms with Gasteiger partial charge in [0.25, 0.3) is 0 Å². The van der Waals surface area contributed by atoms with Gasteiger partial charge in [0.05, 0.1) is 25.4 Å². The number of carbonyl (C=O) groups excluding carboxylic acids is 1. The zero-order valence-corrected chi connectivity index (χ0v) is 31.2. The van der Waals surface area contributed by atoms with E-state index in [-0.39, 0.29) is 25.7 Å². The summed E-state index contributed by atoms with van der Waals surface area (Å²) in [5.74, 6) is -0.160. The Labute approximate surface area is 284 Å². The fourth-order valence-electron chi connectivity index (χ4n) is 5.96. The van der Waals surface area contributed by atoms with Crippen molar-refractivity contribution in [1.82, 2.24) is 5.32 Å². The molecule has 0 saturated heterocycles. The lowest BCUT2D eigenvalue weighted by Crippen LogP contribution is -2.46. The third kappa shape index (κ3) is 32.1. The fourth-order valence-corrected chi connectivity index (χ4v) is 6.72. The molecule has 46 heavy (non-hydrogen) atoms. The van der Waals surface area contributed by atoms with Gasteiger partial charge in [-0.25, -0.2) is 4.57 Å². The van der Waals surface area contributed by atoms with Gasteiger partial charge in [0, 0.05) is 13.0 Å². The van der Waals surface area contributed by atoms with Gasteiger partial charge in [0.2, 0.25) is 5.91 Å². The minimum Gasteiger partial charge on any atom is -0.391 e. The van der Waals surface area contributed by atoms with E-state index >= 15 is 0 Å². The average Bonchev–Trinajstić information content (AvgIpc) is 3.04. The number of hydrogen-bond acceptors (Lipinski definition) is 6. The Balaban J connectivity index is 4.20. The Morgan fingerprint density at radius 1 is 0.630 bits per heavy atom. The van der Waals surface area contributed by atoms with Crippen LogP contribution in [0.4, 0.5) is 0 Å². The molecule has 0 aliphatic rings. The maximum absolute atomic E-state index is 12.7. The summed E-state index contributed by atoms with van der Waals surface area (Å²) < 4.78 is 22.1. The number of aliphatic hydroxyl groups is 1. The van der Waals surface area contributed by atoms with Crippen molar-refractivity contribution in [3.63, 3.8) is 0 Å². The van der Waals surface area contributed by atoms with Crippen LogP contribution in [0.3, 0.4) is 0 Å². The van der Waals surface area contributed by atoms with E-state index in [1.54, 1.807) is 0 Å². The summed E-state index contributed by atoms with van der Waals surface area (Å²) in [6.45, 7) is 4.21. The quantitative estimate of drug-likeness (QED) is 0.0380. The summed E-state index contributed by atoms with van der Waals surface area (Å²) in [4.78, 5) is 22.6. The second-order valence-corrected chi connectivity index (χ2v) is 15.0. The van der Waals surface area contributed by atoms with Crippen molar-refractivity contribution in [2.24, 2.45) is 5.73 Å². The van der Waals surface area contributed by atoms with Crippen LogP contribution in [0.2, 0.25) is 0 Å². The summed E-state index contributed by atoms with van der Waals surface area (Å²) in [5, 5.41) is 13.7. The van der Waals surface area contributed by atoms with Crippen LogP contribution < -0.4 is 11.1 Å². The van der Waals surface area contributed by atoms with Crippen LogP contribution >= 0.6 is 7.82 Å². The summed E-state index contributed by atoms with van der Waals surface area (Å²) >= 11 is 0. The largest absolute Gasteiger partial charge is 0.472 e. The number of phosphoric acid groups is 1. The number of aliphatic hydroxyl groups excluding tert-OH is 1. The van der Waals surface area contributed by atoms with Gasteiger partial charge in [-0.3, -0.25) is 13.8 Å². The summed E-state index contributed by atoms with van der Waals surface area (Å²) in [6.07, 6.45) is 33.8. The first-order valence-electron chi connectivity index (χ1n) is 19.7. The number of rotatable bonds is 37. The minimum atomic E-state index is -4.30. The Bertz CT molecular complexity index is 699. The molecule has 8 nitrogen and oxygen atoms in total. The molecule has 0 bridgehead atoms. The number of hydrogen-bond donors (Lipinski definition) is 4. The molecule has 3 atom stereocenters. The summed E-state index contributed by atoms with van der Waals surface area (Å²) in [7, 11) is -4.30. The highest BCUT2D eigenvalue weighted by atomic mass is 31.2. The summed E-state index contributed by atoms with van der Waals surface area (Å²) in [6, 6.07) is -0.765. The van der Waals surface area contributed by atoms with Gasteiger partial charge in [0.1, 0.15) is 0 Å². The van der Waals surface area contributed by atoms with Gasteiger partial charge in [-0.1, -0.05) is 181 Å². The first-order chi connectivity index (χ1) is 22.4. The van der Waals surface area contributed by atoms with E-state index < -0.39 is 20.0 Å². The van der Waals surface area contributed by atoms with E-state index in [1.165, 1.54) is 135 Å². The first-order valence-corrected chi connectivity index (χ1v) is 21.1. The Kier molecular flexibility index (Phi) is 34.0. The smallest absolute Gasteiger partial charge is 0.391 e. The van der Waals surface area contributed by atoms with Gasteiger partial charge >= 0.3 is 7.82 Å². The van der Waals surface area contributed by atoms with E-state index in [0.717, 1.165) is 38.5 Å². The molecular formula is C37H77N2O6P. The van der Waals surface area contributed by atoms with Crippen LogP contribution in [-0.2, 0) is 18.4 Å². The van der Waals surface area contributed by atoms with Crippen LogP contribution in [0, 0.1) is 0 Å². The molecule has 0 aliphatic carbocycles. The Morgan fingerprint density at radius 2 is 1.00 bits per heavy atom. The van der Waals surface area contributed by atoms with Gasteiger partial charge in [-0.05, 0) is 12.8 Å². The maximum atomic E-state index is 12.7. The van der Waals surface area contributed by atoms with Crippen molar-refractivity contribution >= 4 is 13.7 Å². The highest BCUT2D eigenvalue weighted by Gasteiger charge is 2.27. The number of carbonyl (C=O) groups is 1. The van der Waals surface area contributed by atoms with E-state index in [4.69, 9.17) is 14.8 Å². The van der Waals surface area contributed by atoms with Crippen molar-refractivity contribution < 1.29 is 28.4 Å². The molecule has 0 aromatic heterocycles. The molecule has 0 heterocycles. The van der Waals surface area contributed by atoms with Gasteiger partial charge < -0.3 is 21.1 Å². The molecular weight excluding hydrogens is 599 g/mol. The van der Waals surface area contributed by atoms with E-state index in [9.17, 15) is 19.4 Å². The number of nitrogens with two attached hydrogens (primary N) is 1. The van der Waals surface area contributed by atoms with E-state index in [0.29, 0.717) is 12.8 Å². The number of amides is 1. The standard InChI is InChI=1S/C37H77N2O6P/c1-3-5-7-9-11-13-15-17-19-20-22-24-26-28-30-36(40)35(34-45-46(42,43)44-33-32-38)39-37(41)31-29-27-25-23-21-18-16-14-12-10-8-6-4-2/h35-36,40H,3-34,38H2,1-2H3,(H,39,41)(H,42,43). The predicted octanol–water partition coefficient (Wildman–Crippen LogP) is 10.3. The molecule has 0 saturated carbocycles. The molecule has 1 amide bonds. The van der Waals surface area contributed by atoms with Crippen molar-refractivity contribution in [3.8, 4) is 0 Å². The lowest BCUT2D eigenvalue weighted by molar-refractivity contribution is -0.123. The Hall–Kier alpha value is -0.500. The third-order valence-corrected chi connectivity index (χ3v) is 9.95. The SMILES string of the molecule is CCCCCCCCCCCCCCCCC(O)C(COP(=O)(O)OCCN)NC(=O)CCCCCCCCCCCCCCC. The second-order valence-electron chi connectivity index (χ2n) is 13.5. The third-order valence-electron chi connectivity index (χ3n) is 8.96. The lowest BCUT2D eigenvalue weighted by Gasteiger charge is -2.25. The highest BCUT2D eigenvalue weighted by molar-refractivity contribution is 7.47. The lowest BCUT2D eigenvalue weighted by atomic mass is 10.0. The minimum absolute atomic E-state index is 0.0922. The molecule has 0 spiro atoms. The molecule has 0 rings (SSSR count). The van der Waals surface area contributed by atoms with Gasteiger partial charge in [0.15, 0.2) is 0 Å². The topological polar surface area (TPSA) is 131 Å². The fraction of sp³-hybridized carbons (Fsp3) is 0.973. The van der Waals surface area contributed by atoms with Crippen molar-refractivity contribution in [2.75, 3.05) is 19.8 Å². The molecule has 3 unspecified atom stereocenters. The van der Waals surface area contributed by atoms with Crippen molar-refractivity contribution in [3.05, 3.63) is 0 Å². The van der Waals surface area contributed by atoms with E-state index in [2.05, 4.69) is 19.2 Å². The molecule has 0 aliphatic heterocycles. The molecule has 5 N–H and O–H groups in total. The van der Waals surface area contributed by atoms with Crippen molar-refractivity contribution in [1.29, 1.82) is 0 Å². The molecule has 276 valence electrons. The molecule has 0 radical (unpaired) electrons. The normalized spacial score (nSPS) is 14.3. The van der Waals surface area contributed by atoms with E-state index in [1.807, 2.05) is 0 Å². The average molecular weight is 677 g/mol. The van der Waals surface area contributed by atoms with Crippen LogP contribution in [0.15, 0.2) is 0 Å². The second kappa shape index (κ2) is 34.4. The van der Waals surface area contributed by atoms with Gasteiger partial charge in [-0.2, -0.15) is 0 Å². The number of unbranched alkanes of at least 4 members (excludes halogenated alkanes) is 25. The van der Waals surface area contributed by atoms with Crippen LogP contribution in [0.5, 0.6) is 0 Å². The van der Waals surface area contributed by atoms with Crippen LogP contribution in [-0.4, -0.2) is 47.8 Å². The van der Waals surface area contributed by atoms with Crippen LogP contribution in [0.1, 0.15) is 200 Å². The van der Waals surface area contributed by atoms with Gasteiger partial charge in [-0.15, -0.1) is 0 Å².